The molecule has 0 radical (unpaired) electrons. The fourth-order valence-electron chi connectivity index (χ4n) is 2.02. The summed E-state index contributed by atoms with van der Waals surface area (Å²) in [5.74, 6) is 1.53. The van der Waals surface area contributed by atoms with Crippen molar-refractivity contribution in [3.8, 4) is 0 Å². The van der Waals surface area contributed by atoms with E-state index in [1.54, 1.807) is 0 Å². The fraction of sp³-hybridized carbons (Fsp3) is 0.900. The second-order valence-electron chi connectivity index (χ2n) is 4.34. The number of rotatable bonds is 2. The lowest BCUT2D eigenvalue weighted by Crippen LogP contribution is -2.49. The van der Waals surface area contributed by atoms with Crippen molar-refractivity contribution in [2.75, 3.05) is 26.3 Å². The molecule has 0 N–H and O–H groups in total. The maximum atomic E-state index is 11.6. The molecule has 1 unspecified atom stereocenters. The lowest BCUT2D eigenvalue weighted by Gasteiger charge is -2.37. The molecule has 0 aromatic heterocycles. The van der Waals surface area contributed by atoms with Crippen molar-refractivity contribution in [2.24, 2.45) is 11.8 Å². The van der Waals surface area contributed by atoms with Crippen LogP contribution in [0.25, 0.3) is 0 Å². The number of hydrogen-bond donors (Lipinski definition) is 0. The zero-order valence-corrected chi connectivity index (χ0v) is 8.16. The van der Waals surface area contributed by atoms with E-state index in [1.165, 1.54) is 0 Å². The van der Waals surface area contributed by atoms with Crippen LogP contribution >= 0.6 is 0 Å². The Balaban J connectivity index is 1.72. The molecule has 2 saturated heterocycles. The minimum atomic E-state index is 0.327. The van der Waals surface area contributed by atoms with Gasteiger partial charge < -0.3 is 9.64 Å². The molecular weight excluding hydrogens is 166 g/mol. The number of amides is 1. The number of carbonyl (C=O) groups is 1. The molecule has 0 spiro atoms. The Kier molecular flexibility index (Phi) is 2.54. The summed E-state index contributed by atoms with van der Waals surface area (Å²) in [6.45, 7) is 5.74. The highest BCUT2D eigenvalue weighted by Crippen LogP contribution is 2.21. The Hall–Kier alpha value is -0.570. The monoisotopic (exact) mass is 183 g/mol. The van der Waals surface area contributed by atoms with Crippen molar-refractivity contribution in [1.82, 2.24) is 4.90 Å². The van der Waals surface area contributed by atoms with Gasteiger partial charge in [0.25, 0.3) is 0 Å². The normalized spacial score (nSPS) is 29.0. The summed E-state index contributed by atoms with van der Waals surface area (Å²) in [6, 6.07) is 0. The second-order valence-corrected chi connectivity index (χ2v) is 4.34. The zero-order valence-electron chi connectivity index (χ0n) is 8.16. The van der Waals surface area contributed by atoms with Crippen molar-refractivity contribution < 1.29 is 9.53 Å². The molecule has 0 bridgehead atoms. The maximum Gasteiger partial charge on any atom is 0.222 e. The van der Waals surface area contributed by atoms with Gasteiger partial charge in [0.1, 0.15) is 0 Å². The number of hydrogen-bond acceptors (Lipinski definition) is 2. The molecule has 74 valence electrons. The predicted molar refractivity (Wildman–Crippen MR) is 49.3 cm³/mol. The van der Waals surface area contributed by atoms with Crippen molar-refractivity contribution >= 4 is 5.91 Å². The van der Waals surface area contributed by atoms with E-state index in [-0.39, 0.29) is 0 Å². The Bertz CT molecular complexity index is 193. The molecule has 2 aliphatic heterocycles. The highest BCUT2D eigenvalue weighted by atomic mass is 16.5. The van der Waals surface area contributed by atoms with Gasteiger partial charge in [0.15, 0.2) is 0 Å². The van der Waals surface area contributed by atoms with E-state index in [2.05, 4.69) is 6.92 Å². The third-order valence-electron chi connectivity index (χ3n) is 2.90. The van der Waals surface area contributed by atoms with Crippen LogP contribution in [0.4, 0.5) is 0 Å². The molecule has 0 saturated carbocycles. The molecule has 1 amide bonds. The first-order valence-electron chi connectivity index (χ1n) is 5.11. The first-order valence-corrected chi connectivity index (χ1v) is 5.11. The zero-order chi connectivity index (χ0) is 9.26. The Morgan fingerprint density at radius 1 is 1.54 bits per heavy atom. The fourth-order valence-corrected chi connectivity index (χ4v) is 2.02. The molecule has 3 heteroatoms. The summed E-state index contributed by atoms with van der Waals surface area (Å²) in [5, 5.41) is 0. The van der Waals surface area contributed by atoms with E-state index in [9.17, 15) is 4.79 Å². The van der Waals surface area contributed by atoms with Crippen LogP contribution in [0.15, 0.2) is 0 Å². The molecule has 2 aliphatic rings. The first-order chi connectivity index (χ1) is 6.25. The lowest BCUT2D eigenvalue weighted by atomic mass is 9.99. The van der Waals surface area contributed by atoms with Gasteiger partial charge in [0.2, 0.25) is 5.91 Å². The summed E-state index contributed by atoms with van der Waals surface area (Å²) >= 11 is 0. The van der Waals surface area contributed by atoms with Gasteiger partial charge in [-0.3, -0.25) is 4.79 Å². The quantitative estimate of drug-likeness (QED) is 0.636. The summed E-state index contributed by atoms with van der Waals surface area (Å²) in [4.78, 5) is 13.6. The first kappa shape index (κ1) is 9.00. The van der Waals surface area contributed by atoms with E-state index in [4.69, 9.17) is 4.74 Å². The maximum absolute atomic E-state index is 11.6. The average molecular weight is 183 g/mol. The van der Waals surface area contributed by atoms with Crippen LogP contribution < -0.4 is 0 Å². The molecule has 3 nitrogen and oxygen atoms in total. The summed E-state index contributed by atoms with van der Waals surface area (Å²) < 4.78 is 5.24. The molecule has 2 rings (SSSR count). The van der Waals surface area contributed by atoms with Crippen LogP contribution in [0.1, 0.15) is 19.8 Å². The summed E-state index contributed by atoms with van der Waals surface area (Å²) in [5.41, 5.74) is 0. The van der Waals surface area contributed by atoms with Crippen molar-refractivity contribution in [3.05, 3.63) is 0 Å². The second kappa shape index (κ2) is 3.66. The number of carbonyl (C=O) groups excluding carboxylic acids is 1. The van der Waals surface area contributed by atoms with Gasteiger partial charge in [0.05, 0.1) is 0 Å². The van der Waals surface area contributed by atoms with Gasteiger partial charge in [-0.25, -0.2) is 0 Å². The van der Waals surface area contributed by atoms with Gasteiger partial charge >= 0.3 is 0 Å². The van der Waals surface area contributed by atoms with Crippen LogP contribution in [0, 0.1) is 11.8 Å². The van der Waals surface area contributed by atoms with Gasteiger partial charge in [0, 0.05) is 32.7 Å². The van der Waals surface area contributed by atoms with Crippen molar-refractivity contribution in [2.45, 2.75) is 19.8 Å². The largest absolute Gasteiger partial charge is 0.381 e. The van der Waals surface area contributed by atoms with E-state index in [1.807, 2.05) is 4.90 Å². The van der Waals surface area contributed by atoms with Crippen molar-refractivity contribution in [3.63, 3.8) is 0 Å². The van der Waals surface area contributed by atoms with Gasteiger partial charge in [-0.15, -0.1) is 0 Å². The molecule has 0 aliphatic carbocycles. The van der Waals surface area contributed by atoms with Crippen molar-refractivity contribution in [1.29, 1.82) is 0 Å². The van der Waals surface area contributed by atoms with Gasteiger partial charge in [-0.1, -0.05) is 6.92 Å². The topological polar surface area (TPSA) is 29.5 Å². The number of ether oxygens (including phenoxy) is 1. The highest BCUT2D eigenvalue weighted by molar-refractivity contribution is 5.77. The van der Waals surface area contributed by atoms with Crippen LogP contribution in [0.3, 0.4) is 0 Å². The van der Waals surface area contributed by atoms with Crippen LogP contribution in [-0.2, 0) is 9.53 Å². The molecule has 1 atom stereocenters. The van der Waals surface area contributed by atoms with E-state index >= 15 is 0 Å². The van der Waals surface area contributed by atoms with Crippen LogP contribution in [0.5, 0.6) is 0 Å². The highest BCUT2D eigenvalue weighted by Gasteiger charge is 2.29. The van der Waals surface area contributed by atoms with Gasteiger partial charge in [-0.05, 0) is 18.3 Å². The standard InChI is InChI=1S/C10H17NO2/c1-8-5-11(6-8)10(12)4-9-2-3-13-7-9/h8-9H,2-7H2,1H3. The molecule has 0 aromatic carbocycles. The van der Waals surface area contributed by atoms with E-state index in [0.29, 0.717) is 24.2 Å². The third kappa shape index (κ3) is 2.02. The summed E-state index contributed by atoms with van der Waals surface area (Å²) in [7, 11) is 0. The predicted octanol–water partition coefficient (Wildman–Crippen LogP) is 0.891. The molecular formula is C10H17NO2. The third-order valence-corrected chi connectivity index (χ3v) is 2.90. The average Bonchev–Trinajstić information content (AvgIpc) is 2.51. The van der Waals surface area contributed by atoms with Gasteiger partial charge in [-0.2, -0.15) is 0 Å². The molecule has 2 heterocycles. The molecule has 0 aromatic rings. The van der Waals surface area contributed by atoms with E-state index in [0.717, 1.165) is 32.7 Å². The minimum Gasteiger partial charge on any atom is -0.381 e. The number of nitrogens with zero attached hydrogens (tertiary/aromatic N) is 1. The molecule has 2 fully saturated rings. The SMILES string of the molecule is CC1CN(C(=O)CC2CCOC2)C1. The summed E-state index contributed by atoms with van der Waals surface area (Å²) in [6.07, 6.45) is 1.77. The number of likely N-dealkylation sites (tertiary alicyclic amines) is 1. The molecule has 13 heavy (non-hydrogen) atoms. The van der Waals surface area contributed by atoms with E-state index < -0.39 is 0 Å². The Morgan fingerprint density at radius 2 is 2.31 bits per heavy atom. The smallest absolute Gasteiger partial charge is 0.222 e. The minimum absolute atomic E-state index is 0.327. The van der Waals surface area contributed by atoms with Crippen LogP contribution in [-0.4, -0.2) is 37.1 Å². The Morgan fingerprint density at radius 3 is 2.85 bits per heavy atom. The Labute approximate surface area is 79.0 Å². The van der Waals surface area contributed by atoms with Crippen LogP contribution in [0.2, 0.25) is 0 Å². The lowest BCUT2D eigenvalue weighted by molar-refractivity contribution is -0.138.